The van der Waals surface area contributed by atoms with Crippen molar-refractivity contribution < 1.29 is 14.6 Å². The first-order valence-electron chi connectivity index (χ1n) is 8.44. The number of hydrogen-bond donors (Lipinski definition) is 1. The molecule has 2 heterocycles. The first-order valence-corrected chi connectivity index (χ1v) is 9.32. The molecule has 0 spiro atoms. The second-order valence-electron chi connectivity index (χ2n) is 6.27. The van der Waals surface area contributed by atoms with Gasteiger partial charge in [-0.1, -0.05) is 50.2 Å². The summed E-state index contributed by atoms with van der Waals surface area (Å²) in [6, 6.07) is 16.5. The lowest BCUT2D eigenvalue weighted by molar-refractivity contribution is -0.145. The zero-order valence-electron chi connectivity index (χ0n) is 14.9. The molecule has 0 aliphatic heterocycles. The molecule has 5 nitrogen and oxygen atoms in total. The third-order valence-corrected chi connectivity index (χ3v) is 4.97. The first-order chi connectivity index (χ1) is 13.0. The molecule has 1 unspecified atom stereocenters. The Labute approximate surface area is 161 Å². The molecule has 0 radical (unpaired) electrons. The van der Waals surface area contributed by atoms with E-state index in [2.05, 4.69) is 11.1 Å². The number of carboxylic acid groups (broad SMARTS) is 1. The molecule has 0 amide bonds. The van der Waals surface area contributed by atoms with E-state index < -0.39 is 12.1 Å². The van der Waals surface area contributed by atoms with Crippen LogP contribution in [0.5, 0.6) is 5.88 Å². The van der Waals surface area contributed by atoms with E-state index in [-0.39, 0.29) is 17.4 Å². The molecule has 27 heavy (non-hydrogen) atoms. The number of hydrogen-bond acceptors (Lipinski definition) is 5. The fraction of sp³-hybridized carbons (Fsp3) is 0.190. The third-order valence-electron chi connectivity index (χ3n) is 4.08. The molecule has 0 aliphatic rings. The maximum atomic E-state index is 11.8. The Morgan fingerprint density at radius 1 is 1.22 bits per heavy atom. The molecule has 0 fully saturated rings. The van der Waals surface area contributed by atoms with Crippen LogP contribution in [0, 0.1) is 11.3 Å². The maximum absolute atomic E-state index is 11.8. The van der Waals surface area contributed by atoms with Gasteiger partial charge in [0.15, 0.2) is 0 Å². The monoisotopic (exact) mass is 378 g/mol. The Bertz CT molecular complexity index is 977. The van der Waals surface area contributed by atoms with E-state index in [1.54, 1.807) is 30.3 Å². The summed E-state index contributed by atoms with van der Waals surface area (Å²) in [5.74, 6) is -1.04. The molecule has 0 bridgehead atoms. The lowest BCUT2D eigenvalue weighted by Gasteiger charge is -2.18. The fourth-order valence-electron chi connectivity index (χ4n) is 2.74. The van der Waals surface area contributed by atoms with E-state index in [9.17, 15) is 15.2 Å². The van der Waals surface area contributed by atoms with Gasteiger partial charge in [0.05, 0.1) is 10.6 Å². The van der Waals surface area contributed by atoms with Crippen molar-refractivity contribution in [2.45, 2.75) is 25.9 Å². The number of aliphatic carboxylic acids is 1. The molecule has 0 aliphatic carbocycles. The minimum absolute atomic E-state index is 0.0448. The minimum Gasteiger partial charge on any atom is -0.478 e. The lowest BCUT2D eigenvalue weighted by atomic mass is 9.98. The van der Waals surface area contributed by atoms with Crippen LogP contribution in [0.2, 0.25) is 0 Å². The number of aromatic nitrogens is 1. The largest absolute Gasteiger partial charge is 0.478 e. The van der Waals surface area contributed by atoms with Gasteiger partial charge in [-0.25, -0.2) is 9.78 Å². The molecule has 3 aromatic rings. The first kappa shape index (κ1) is 18.6. The van der Waals surface area contributed by atoms with Crippen LogP contribution >= 0.6 is 11.3 Å². The number of ether oxygens (including phenoxy) is 1. The normalized spacial score (nSPS) is 11.8. The summed E-state index contributed by atoms with van der Waals surface area (Å²) in [5, 5.41) is 21.3. The van der Waals surface area contributed by atoms with Crippen molar-refractivity contribution in [3.63, 3.8) is 0 Å². The van der Waals surface area contributed by atoms with Gasteiger partial charge in [0.25, 0.3) is 0 Å². The van der Waals surface area contributed by atoms with Crippen LogP contribution in [0.25, 0.3) is 10.6 Å². The van der Waals surface area contributed by atoms with Crippen molar-refractivity contribution in [2.75, 3.05) is 0 Å². The summed E-state index contributed by atoms with van der Waals surface area (Å²) in [4.78, 5) is 17.2. The molecule has 0 saturated carbocycles. The summed E-state index contributed by atoms with van der Waals surface area (Å²) in [6.07, 6.45) is -1.25. The molecule has 136 valence electrons. The van der Waals surface area contributed by atoms with Crippen molar-refractivity contribution in [1.82, 2.24) is 4.98 Å². The Morgan fingerprint density at radius 2 is 1.96 bits per heavy atom. The SMILES string of the molecule is CC(C)c1cc(-c2cccs2)nc(OC(C(=O)O)c2ccccc2)c1C#N. The van der Waals surface area contributed by atoms with Gasteiger partial charge in [-0.05, 0) is 29.0 Å². The number of nitrogens with zero attached hydrogens (tertiary/aromatic N) is 2. The second-order valence-corrected chi connectivity index (χ2v) is 7.22. The van der Waals surface area contributed by atoms with Crippen LogP contribution in [0.1, 0.15) is 42.6 Å². The Kier molecular flexibility index (Phi) is 5.53. The third kappa shape index (κ3) is 3.99. The highest BCUT2D eigenvalue weighted by atomic mass is 32.1. The van der Waals surface area contributed by atoms with Crippen LogP contribution in [-0.4, -0.2) is 16.1 Å². The molecule has 1 atom stereocenters. The standard InChI is InChI=1S/C21H18N2O3S/c1-13(2)15-11-17(18-9-6-10-27-18)23-20(16(15)12-22)26-19(21(24)25)14-7-4-3-5-8-14/h3-11,13,19H,1-2H3,(H,24,25). The van der Waals surface area contributed by atoms with E-state index in [0.717, 1.165) is 10.4 Å². The van der Waals surface area contributed by atoms with Gasteiger partial charge in [0.2, 0.25) is 12.0 Å². The molecule has 6 heteroatoms. The summed E-state index contributed by atoms with van der Waals surface area (Å²) in [5.41, 5.74) is 2.21. The fourth-order valence-corrected chi connectivity index (χ4v) is 3.43. The number of nitriles is 1. The van der Waals surface area contributed by atoms with Gasteiger partial charge >= 0.3 is 5.97 Å². The van der Waals surface area contributed by atoms with Gasteiger partial charge < -0.3 is 9.84 Å². The van der Waals surface area contributed by atoms with Crippen molar-refractivity contribution in [3.8, 4) is 22.5 Å². The molecule has 2 aromatic heterocycles. The van der Waals surface area contributed by atoms with Crippen LogP contribution in [0.3, 0.4) is 0 Å². The number of benzene rings is 1. The van der Waals surface area contributed by atoms with E-state index in [4.69, 9.17) is 4.74 Å². The summed E-state index contributed by atoms with van der Waals surface area (Å²) >= 11 is 1.52. The number of thiophene rings is 1. The van der Waals surface area contributed by atoms with E-state index in [1.165, 1.54) is 11.3 Å². The van der Waals surface area contributed by atoms with Gasteiger partial charge in [0, 0.05) is 5.56 Å². The maximum Gasteiger partial charge on any atom is 0.349 e. The lowest BCUT2D eigenvalue weighted by Crippen LogP contribution is -2.19. The molecule has 1 aromatic carbocycles. The van der Waals surface area contributed by atoms with Crippen LogP contribution in [-0.2, 0) is 4.79 Å². The molecular weight excluding hydrogens is 360 g/mol. The Balaban J connectivity index is 2.12. The van der Waals surface area contributed by atoms with Crippen molar-refractivity contribution in [2.24, 2.45) is 0 Å². The van der Waals surface area contributed by atoms with Crippen molar-refractivity contribution >= 4 is 17.3 Å². The summed E-state index contributed by atoms with van der Waals surface area (Å²) in [7, 11) is 0. The number of carboxylic acids is 1. The zero-order valence-corrected chi connectivity index (χ0v) is 15.7. The van der Waals surface area contributed by atoms with Gasteiger partial charge in [-0.2, -0.15) is 5.26 Å². The van der Waals surface area contributed by atoms with E-state index in [0.29, 0.717) is 11.3 Å². The Hall–Kier alpha value is -3.17. The average molecular weight is 378 g/mol. The highest BCUT2D eigenvalue weighted by Gasteiger charge is 2.26. The Morgan fingerprint density at radius 3 is 2.52 bits per heavy atom. The number of pyridine rings is 1. The molecular formula is C21H18N2O3S. The second kappa shape index (κ2) is 8.02. The quantitative estimate of drug-likeness (QED) is 0.652. The van der Waals surface area contributed by atoms with Crippen LogP contribution in [0.4, 0.5) is 0 Å². The minimum atomic E-state index is -1.25. The highest BCUT2D eigenvalue weighted by molar-refractivity contribution is 7.13. The molecule has 3 rings (SSSR count). The molecule has 0 saturated heterocycles. The predicted molar refractivity (Wildman–Crippen MR) is 104 cm³/mol. The van der Waals surface area contributed by atoms with E-state index in [1.807, 2.05) is 37.4 Å². The van der Waals surface area contributed by atoms with Gasteiger partial charge in [-0.3, -0.25) is 0 Å². The van der Waals surface area contributed by atoms with E-state index >= 15 is 0 Å². The number of carbonyl (C=O) groups is 1. The predicted octanol–water partition coefficient (Wildman–Crippen LogP) is 5.01. The highest BCUT2D eigenvalue weighted by Crippen LogP contribution is 2.34. The van der Waals surface area contributed by atoms with Gasteiger partial charge in [-0.15, -0.1) is 11.3 Å². The van der Waals surface area contributed by atoms with Crippen molar-refractivity contribution in [3.05, 3.63) is 70.6 Å². The smallest absolute Gasteiger partial charge is 0.349 e. The number of rotatable bonds is 6. The van der Waals surface area contributed by atoms with Crippen molar-refractivity contribution in [1.29, 1.82) is 5.26 Å². The van der Waals surface area contributed by atoms with Crippen LogP contribution < -0.4 is 4.74 Å². The zero-order chi connectivity index (χ0) is 19.4. The summed E-state index contributed by atoms with van der Waals surface area (Å²) in [6.45, 7) is 3.95. The van der Waals surface area contributed by atoms with Crippen LogP contribution in [0.15, 0.2) is 53.9 Å². The molecule has 1 N–H and O–H groups in total. The summed E-state index contributed by atoms with van der Waals surface area (Å²) < 4.78 is 5.79. The average Bonchev–Trinajstić information content (AvgIpc) is 3.20. The van der Waals surface area contributed by atoms with Gasteiger partial charge in [0.1, 0.15) is 11.6 Å². The topological polar surface area (TPSA) is 83.2 Å².